The fourth-order valence-electron chi connectivity index (χ4n) is 1.66. The van der Waals surface area contributed by atoms with Crippen LogP contribution in [0.2, 0.25) is 0 Å². The zero-order valence-corrected chi connectivity index (χ0v) is 8.73. The number of aliphatic hydroxyl groups is 1. The molecule has 14 heavy (non-hydrogen) atoms. The fourth-order valence-corrected chi connectivity index (χ4v) is 1.66. The molecule has 0 aliphatic heterocycles. The number of esters is 1. The summed E-state index contributed by atoms with van der Waals surface area (Å²) in [7, 11) is 0. The number of rotatable bonds is 5. The van der Waals surface area contributed by atoms with Crippen molar-refractivity contribution in [2.45, 2.75) is 38.9 Å². The van der Waals surface area contributed by atoms with Gasteiger partial charge in [0.1, 0.15) is 0 Å². The maximum Gasteiger partial charge on any atom is 0.335 e. The van der Waals surface area contributed by atoms with E-state index in [4.69, 9.17) is 9.47 Å². The average Bonchev–Trinajstić information content (AvgIpc) is 2.10. The summed E-state index contributed by atoms with van der Waals surface area (Å²) in [6, 6.07) is 0. The molecule has 82 valence electrons. The monoisotopic (exact) mass is 202 g/mol. The average molecular weight is 202 g/mol. The molecule has 0 radical (unpaired) electrons. The normalized spacial score (nSPS) is 27.9. The van der Waals surface area contributed by atoms with Crippen LogP contribution in [0.15, 0.2) is 0 Å². The van der Waals surface area contributed by atoms with E-state index >= 15 is 0 Å². The van der Waals surface area contributed by atoms with Crippen LogP contribution in [-0.2, 0) is 14.3 Å². The largest absolute Gasteiger partial charge is 0.464 e. The van der Waals surface area contributed by atoms with Crippen molar-refractivity contribution < 1.29 is 19.4 Å². The molecule has 0 aromatic rings. The highest BCUT2D eigenvalue weighted by atomic mass is 16.5. The number of carbonyl (C=O) groups is 1. The van der Waals surface area contributed by atoms with Gasteiger partial charge in [-0.1, -0.05) is 0 Å². The lowest BCUT2D eigenvalue weighted by Crippen LogP contribution is -2.43. The lowest BCUT2D eigenvalue weighted by molar-refractivity contribution is -0.162. The number of ether oxygens (including phenoxy) is 2. The van der Waals surface area contributed by atoms with E-state index in [0.29, 0.717) is 13.2 Å². The Hall–Kier alpha value is -0.610. The van der Waals surface area contributed by atoms with E-state index in [9.17, 15) is 9.90 Å². The van der Waals surface area contributed by atoms with Gasteiger partial charge in [0.2, 0.25) is 0 Å². The summed E-state index contributed by atoms with van der Waals surface area (Å²) in [5.41, 5.74) is 0. The third-order valence-corrected chi connectivity index (χ3v) is 2.51. The molecule has 1 atom stereocenters. The van der Waals surface area contributed by atoms with Crippen molar-refractivity contribution in [1.82, 2.24) is 0 Å². The van der Waals surface area contributed by atoms with Crippen LogP contribution < -0.4 is 0 Å². The Bertz CT molecular complexity index is 187. The van der Waals surface area contributed by atoms with Gasteiger partial charge in [0.05, 0.1) is 12.7 Å². The van der Waals surface area contributed by atoms with Gasteiger partial charge in [0, 0.05) is 12.5 Å². The molecule has 4 nitrogen and oxygen atoms in total. The predicted molar refractivity (Wildman–Crippen MR) is 50.8 cm³/mol. The highest BCUT2D eigenvalue weighted by Gasteiger charge is 2.38. The van der Waals surface area contributed by atoms with Gasteiger partial charge in [-0.25, -0.2) is 4.79 Å². The highest BCUT2D eigenvalue weighted by Crippen LogP contribution is 2.33. The molecule has 0 bridgehead atoms. The zero-order valence-electron chi connectivity index (χ0n) is 8.73. The van der Waals surface area contributed by atoms with Gasteiger partial charge >= 0.3 is 5.97 Å². The molecule has 4 heteroatoms. The van der Waals surface area contributed by atoms with E-state index in [0.717, 1.165) is 12.8 Å². The molecule has 1 aliphatic rings. The molecule has 0 aromatic heterocycles. The maximum absolute atomic E-state index is 11.1. The van der Waals surface area contributed by atoms with Crippen molar-refractivity contribution in [3.05, 3.63) is 0 Å². The summed E-state index contributed by atoms with van der Waals surface area (Å²) < 4.78 is 10.1. The van der Waals surface area contributed by atoms with Crippen molar-refractivity contribution in [2.24, 2.45) is 5.92 Å². The van der Waals surface area contributed by atoms with Crippen LogP contribution >= 0.6 is 0 Å². The highest BCUT2D eigenvalue weighted by molar-refractivity contribution is 5.74. The van der Waals surface area contributed by atoms with Crippen molar-refractivity contribution >= 4 is 5.97 Å². The molecule has 1 fully saturated rings. The molecule has 1 saturated carbocycles. The summed E-state index contributed by atoms with van der Waals surface area (Å²) in [4.78, 5) is 11.1. The quantitative estimate of drug-likeness (QED) is 0.668. The standard InChI is InChI=1S/C10H18O4/c1-3-13-8-5-7(6-8)9(11)10(12)14-4-2/h7-9,11H,3-6H2,1-2H3. The Morgan fingerprint density at radius 3 is 2.57 bits per heavy atom. The van der Waals surface area contributed by atoms with Crippen LogP contribution in [0.4, 0.5) is 0 Å². The van der Waals surface area contributed by atoms with E-state index in [1.165, 1.54) is 0 Å². The molecule has 1 N–H and O–H groups in total. The summed E-state index contributed by atoms with van der Waals surface area (Å²) in [6.45, 7) is 4.67. The minimum absolute atomic E-state index is 0.0191. The summed E-state index contributed by atoms with van der Waals surface area (Å²) >= 11 is 0. The van der Waals surface area contributed by atoms with Gasteiger partial charge in [-0.2, -0.15) is 0 Å². The van der Waals surface area contributed by atoms with Gasteiger partial charge in [-0.15, -0.1) is 0 Å². The topological polar surface area (TPSA) is 55.8 Å². The van der Waals surface area contributed by atoms with Crippen LogP contribution in [0.1, 0.15) is 26.7 Å². The molecule has 1 rings (SSSR count). The third kappa shape index (κ3) is 2.69. The summed E-state index contributed by atoms with van der Waals surface area (Å²) in [5.74, 6) is -0.488. The van der Waals surface area contributed by atoms with Crippen LogP contribution in [0.25, 0.3) is 0 Å². The first-order valence-electron chi connectivity index (χ1n) is 5.15. The van der Waals surface area contributed by atoms with Gasteiger partial charge in [-0.3, -0.25) is 0 Å². The first kappa shape index (κ1) is 11.5. The minimum atomic E-state index is -0.966. The summed E-state index contributed by atoms with van der Waals surface area (Å²) in [5, 5.41) is 9.52. The van der Waals surface area contributed by atoms with E-state index in [1.807, 2.05) is 6.92 Å². The van der Waals surface area contributed by atoms with Gasteiger partial charge in [0.15, 0.2) is 6.10 Å². The van der Waals surface area contributed by atoms with E-state index in [1.54, 1.807) is 6.92 Å². The molecule has 1 aliphatic carbocycles. The first-order chi connectivity index (χ1) is 6.69. The Morgan fingerprint density at radius 1 is 1.43 bits per heavy atom. The number of hydrogen-bond donors (Lipinski definition) is 1. The molecule has 0 spiro atoms. The van der Waals surface area contributed by atoms with Crippen molar-refractivity contribution in [2.75, 3.05) is 13.2 Å². The van der Waals surface area contributed by atoms with E-state index < -0.39 is 12.1 Å². The Balaban J connectivity index is 2.21. The van der Waals surface area contributed by atoms with Crippen LogP contribution in [0.5, 0.6) is 0 Å². The molecular weight excluding hydrogens is 184 g/mol. The fraction of sp³-hybridized carbons (Fsp3) is 0.900. The molecular formula is C10H18O4. The lowest BCUT2D eigenvalue weighted by atomic mass is 9.78. The van der Waals surface area contributed by atoms with E-state index in [2.05, 4.69) is 0 Å². The number of carbonyl (C=O) groups excluding carboxylic acids is 1. The second kappa shape index (κ2) is 5.32. The van der Waals surface area contributed by atoms with Crippen molar-refractivity contribution in [1.29, 1.82) is 0 Å². The number of aliphatic hydroxyl groups excluding tert-OH is 1. The molecule has 0 aromatic carbocycles. The minimum Gasteiger partial charge on any atom is -0.464 e. The first-order valence-corrected chi connectivity index (χ1v) is 5.15. The summed E-state index contributed by atoms with van der Waals surface area (Å²) in [6.07, 6.45) is 0.766. The van der Waals surface area contributed by atoms with Gasteiger partial charge < -0.3 is 14.6 Å². The Kier molecular flexibility index (Phi) is 4.35. The lowest BCUT2D eigenvalue weighted by Gasteiger charge is -2.36. The van der Waals surface area contributed by atoms with Crippen LogP contribution in [0, 0.1) is 5.92 Å². The SMILES string of the molecule is CCOC(=O)C(O)C1CC(OCC)C1. The van der Waals surface area contributed by atoms with Crippen LogP contribution in [0.3, 0.4) is 0 Å². The Morgan fingerprint density at radius 2 is 2.07 bits per heavy atom. The zero-order chi connectivity index (χ0) is 10.6. The maximum atomic E-state index is 11.1. The number of hydrogen-bond acceptors (Lipinski definition) is 4. The van der Waals surface area contributed by atoms with Gasteiger partial charge in [-0.05, 0) is 26.7 Å². The molecule has 0 amide bonds. The van der Waals surface area contributed by atoms with Crippen LogP contribution in [-0.4, -0.2) is 36.5 Å². The molecule has 0 heterocycles. The van der Waals surface area contributed by atoms with Crippen molar-refractivity contribution in [3.8, 4) is 0 Å². The third-order valence-electron chi connectivity index (χ3n) is 2.51. The predicted octanol–water partition coefficient (Wildman–Crippen LogP) is 0.725. The molecule has 1 unspecified atom stereocenters. The van der Waals surface area contributed by atoms with Crippen molar-refractivity contribution in [3.63, 3.8) is 0 Å². The van der Waals surface area contributed by atoms with E-state index in [-0.39, 0.29) is 12.0 Å². The smallest absolute Gasteiger partial charge is 0.335 e. The Labute approximate surface area is 84.2 Å². The van der Waals surface area contributed by atoms with Gasteiger partial charge in [0.25, 0.3) is 0 Å². The second-order valence-electron chi connectivity index (χ2n) is 3.51. The second-order valence-corrected chi connectivity index (χ2v) is 3.51. The molecule has 0 saturated heterocycles.